The molecule has 6 nitrogen and oxygen atoms in total. The number of hydrogen-bond acceptors (Lipinski definition) is 4. The summed E-state index contributed by atoms with van der Waals surface area (Å²) in [4.78, 5) is 10.8. The van der Waals surface area contributed by atoms with Crippen LogP contribution < -0.4 is 9.46 Å². The fraction of sp³-hybridized carbons (Fsp3) is 0.133. The van der Waals surface area contributed by atoms with E-state index in [-0.39, 0.29) is 22.8 Å². The summed E-state index contributed by atoms with van der Waals surface area (Å²) >= 11 is 0. The first-order valence-corrected chi connectivity index (χ1v) is 7.87. The van der Waals surface area contributed by atoms with Crippen molar-refractivity contribution in [3.05, 3.63) is 59.7 Å². The SMILES string of the molecule is COc1ccc(C(=O)O)cc1S(=O)(=O)NCc1ccccc1. The molecule has 116 valence electrons. The molecule has 2 aromatic rings. The molecule has 0 atom stereocenters. The number of methoxy groups -OCH3 is 1. The molecule has 0 aliphatic carbocycles. The number of carboxylic acids is 1. The van der Waals surface area contributed by atoms with Crippen molar-refractivity contribution >= 4 is 16.0 Å². The molecular weight excluding hydrogens is 306 g/mol. The molecule has 0 heterocycles. The molecule has 0 saturated carbocycles. The van der Waals surface area contributed by atoms with Crippen molar-refractivity contribution in [2.45, 2.75) is 11.4 Å². The molecule has 2 rings (SSSR count). The molecule has 7 heteroatoms. The Morgan fingerprint density at radius 3 is 2.45 bits per heavy atom. The molecule has 0 unspecified atom stereocenters. The minimum atomic E-state index is -3.90. The Bertz CT molecular complexity index is 772. The predicted octanol–water partition coefficient (Wildman–Crippen LogP) is 1.87. The highest BCUT2D eigenvalue weighted by Crippen LogP contribution is 2.25. The van der Waals surface area contributed by atoms with Crippen LogP contribution in [-0.4, -0.2) is 26.6 Å². The van der Waals surface area contributed by atoms with Gasteiger partial charge in [-0.25, -0.2) is 17.9 Å². The van der Waals surface area contributed by atoms with E-state index in [0.29, 0.717) is 0 Å². The summed E-state index contributed by atoms with van der Waals surface area (Å²) in [6.45, 7) is 0.101. The van der Waals surface area contributed by atoms with E-state index in [1.165, 1.54) is 19.2 Å². The van der Waals surface area contributed by atoms with E-state index in [2.05, 4.69) is 4.72 Å². The fourth-order valence-electron chi connectivity index (χ4n) is 1.87. The first kappa shape index (κ1) is 16.0. The Morgan fingerprint density at radius 2 is 1.86 bits per heavy atom. The summed E-state index contributed by atoms with van der Waals surface area (Å²) in [5, 5.41) is 8.99. The minimum absolute atomic E-state index is 0.0885. The summed E-state index contributed by atoms with van der Waals surface area (Å²) in [5.41, 5.74) is 0.667. The van der Waals surface area contributed by atoms with Gasteiger partial charge < -0.3 is 9.84 Å². The van der Waals surface area contributed by atoms with Gasteiger partial charge in [0.05, 0.1) is 12.7 Å². The number of nitrogens with one attached hydrogen (secondary N) is 1. The maximum Gasteiger partial charge on any atom is 0.335 e. The maximum atomic E-state index is 12.4. The molecular formula is C15H15NO5S. The summed E-state index contributed by atoms with van der Waals surface area (Å²) in [5.74, 6) is -1.12. The molecule has 0 aliphatic rings. The van der Waals surface area contributed by atoms with Crippen molar-refractivity contribution in [1.29, 1.82) is 0 Å². The first-order valence-electron chi connectivity index (χ1n) is 6.39. The highest BCUT2D eigenvalue weighted by Gasteiger charge is 2.21. The van der Waals surface area contributed by atoms with E-state index >= 15 is 0 Å². The monoisotopic (exact) mass is 321 g/mol. The first-order chi connectivity index (χ1) is 10.4. The Morgan fingerprint density at radius 1 is 1.18 bits per heavy atom. The zero-order chi connectivity index (χ0) is 16.2. The van der Waals surface area contributed by atoms with Gasteiger partial charge in [-0.3, -0.25) is 0 Å². The lowest BCUT2D eigenvalue weighted by atomic mass is 10.2. The molecule has 2 aromatic carbocycles. The second-order valence-electron chi connectivity index (χ2n) is 4.48. The lowest BCUT2D eigenvalue weighted by molar-refractivity contribution is 0.0696. The van der Waals surface area contributed by atoms with Crippen LogP contribution in [0.3, 0.4) is 0 Å². The van der Waals surface area contributed by atoms with Gasteiger partial charge in [0.25, 0.3) is 0 Å². The third-order valence-electron chi connectivity index (χ3n) is 3.01. The van der Waals surface area contributed by atoms with Crippen LogP contribution in [0.25, 0.3) is 0 Å². The van der Waals surface area contributed by atoms with Crippen LogP contribution in [0.1, 0.15) is 15.9 Å². The summed E-state index contributed by atoms with van der Waals surface area (Å²) in [6, 6.07) is 12.7. The number of carbonyl (C=O) groups is 1. The zero-order valence-corrected chi connectivity index (χ0v) is 12.6. The number of carboxylic acid groups (broad SMARTS) is 1. The number of ether oxygens (including phenoxy) is 1. The topological polar surface area (TPSA) is 92.7 Å². The summed E-state index contributed by atoms with van der Waals surface area (Å²) in [6.07, 6.45) is 0. The second kappa shape index (κ2) is 6.59. The van der Waals surface area contributed by atoms with Gasteiger partial charge >= 0.3 is 5.97 Å². The van der Waals surface area contributed by atoms with Gasteiger partial charge in [-0.1, -0.05) is 30.3 Å². The average molecular weight is 321 g/mol. The molecule has 0 saturated heterocycles. The quantitative estimate of drug-likeness (QED) is 0.847. The van der Waals surface area contributed by atoms with E-state index < -0.39 is 16.0 Å². The second-order valence-corrected chi connectivity index (χ2v) is 6.22. The third-order valence-corrected chi connectivity index (χ3v) is 4.43. The van der Waals surface area contributed by atoms with Crippen LogP contribution in [0.5, 0.6) is 5.75 Å². The maximum absolute atomic E-state index is 12.4. The van der Waals surface area contributed by atoms with Crippen LogP contribution in [-0.2, 0) is 16.6 Å². The molecule has 0 amide bonds. The standard InChI is InChI=1S/C15H15NO5S/c1-21-13-8-7-12(15(17)18)9-14(13)22(19,20)16-10-11-5-3-2-4-6-11/h2-9,16H,10H2,1H3,(H,17,18). The molecule has 0 radical (unpaired) electrons. The van der Waals surface area contributed by atoms with E-state index in [0.717, 1.165) is 11.6 Å². The van der Waals surface area contributed by atoms with Crippen molar-refractivity contribution < 1.29 is 23.1 Å². The molecule has 0 spiro atoms. The zero-order valence-electron chi connectivity index (χ0n) is 11.8. The van der Waals surface area contributed by atoms with E-state index in [4.69, 9.17) is 9.84 Å². The Labute approximate surface area is 128 Å². The smallest absolute Gasteiger partial charge is 0.335 e. The normalized spacial score (nSPS) is 11.1. The number of sulfonamides is 1. The third kappa shape index (κ3) is 3.63. The van der Waals surface area contributed by atoms with E-state index in [1.807, 2.05) is 6.07 Å². The number of hydrogen-bond donors (Lipinski definition) is 2. The molecule has 0 bridgehead atoms. The average Bonchev–Trinajstić information content (AvgIpc) is 2.53. The number of rotatable bonds is 6. The lowest BCUT2D eigenvalue weighted by Crippen LogP contribution is -2.24. The van der Waals surface area contributed by atoms with Gasteiger partial charge in [0.2, 0.25) is 10.0 Å². The van der Waals surface area contributed by atoms with E-state index in [1.54, 1.807) is 24.3 Å². The van der Waals surface area contributed by atoms with Crippen molar-refractivity contribution in [2.24, 2.45) is 0 Å². The van der Waals surface area contributed by atoms with Crippen LogP contribution >= 0.6 is 0 Å². The van der Waals surface area contributed by atoms with Crippen LogP contribution in [0, 0.1) is 0 Å². The van der Waals surface area contributed by atoms with Crippen molar-refractivity contribution in [3.63, 3.8) is 0 Å². The highest BCUT2D eigenvalue weighted by molar-refractivity contribution is 7.89. The minimum Gasteiger partial charge on any atom is -0.495 e. The Balaban J connectivity index is 2.31. The van der Waals surface area contributed by atoms with Crippen molar-refractivity contribution in [2.75, 3.05) is 7.11 Å². The van der Waals surface area contributed by atoms with Crippen LogP contribution in [0.2, 0.25) is 0 Å². The van der Waals surface area contributed by atoms with E-state index in [9.17, 15) is 13.2 Å². The molecule has 22 heavy (non-hydrogen) atoms. The van der Waals surface area contributed by atoms with Gasteiger partial charge in [-0.05, 0) is 23.8 Å². The number of aromatic carboxylic acids is 1. The molecule has 0 aliphatic heterocycles. The van der Waals surface area contributed by atoms with Crippen molar-refractivity contribution in [1.82, 2.24) is 4.72 Å². The van der Waals surface area contributed by atoms with Gasteiger partial charge in [0.15, 0.2) is 0 Å². The summed E-state index contributed by atoms with van der Waals surface area (Å²) < 4.78 is 32.2. The van der Waals surface area contributed by atoms with Gasteiger partial charge in [0.1, 0.15) is 10.6 Å². The van der Waals surface area contributed by atoms with Gasteiger partial charge in [-0.2, -0.15) is 0 Å². The Hall–Kier alpha value is -2.38. The van der Waals surface area contributed by atoms with Crippen LogP contribution in [0.4, 0.5) is 0 Å². The molecule has 0 fully saturated rings. The highest BCUT2D eigenvalue weighted by atomic mass is 32.2. The van der Waals surface area contributed by atoms with Crippen LogP contribution in [0.15, 0.2) is 53.4 Å². The van der Waals surface area contributed by atoms with Gasteiger partial charge in [0, 0.05) is 6.54 Å². The summed E-state index contributed by atoms with van der Waals surface area (Å²) in [7, 11) is -2.57. The number of benzene rings is 2. The molecule has 0 aromatic heterocycles. The van der Waals surface area contributed by atoms with Crippen molar-refractivity contribution in [3.8, 4) is 5.75 Å². The lowest BCUT2D eigenvalue weighted by Gasteiger charge is -2.11. The van der Waals surface area contributed by atoms with Gasteiger partial charge in [-0.15, -0.1) is 0 Å². The fourth-order valence-corrected chi connectivity index (χ4v) is 3.08. The predicted molar refractivity (Wildman–Crippen MR) is 80.4 cm³/mol. The largest absolute Gasteiger partial charge is 0.495 e. The Kier molecular flexibility index (Phi) is 4.79. The molecule has 2 N–H and O–H groups in total.